The van der Waals surface area contributed by atoms with E-state index >= 15 is 0 Å². The SMILES string of the molecule is C1=CCCC(c2nc(-c3cccc(-c4ccc(-c5cc(-c6ccccc6)nc(-c6ccccc6)n5)cc4)c3)nc(-c3ccc4ccccc4c3)n2)=C1. The highest BCUT2D eigenvalue weighted by molar-refractivity contribution is 5.87. The lowest BCUT2D eigenvalue weighted by atomic mass is 9.99. The smallest absolute Gasteiger partial charge is 0.164 e. The summed E-state index contributed by atoms with van der Waals surface area (Å²) in [6.07, 6.45) is 8.26. The molecule has 0 fully saturated rings. The molecule has 9 rings (SSSR count). The van der Waals surface area contributed by atoms with Gasteiger partial charge in [-0.25, -0.2) is 24.9 Å². The molecule has 52 heavy (non-hydrogen) atoms. The Morgan fingerprint density at radius 1 is 0.346 bits per heavy atom. The fourth-order valence-electron chi connectivity index (χ4n) is 6.63. The van der Waals surface area contributed by atoms with E-state index in [1.165, 1.54) is 5.39 Å². The minimum atomic E-state index is 0.657. The molecule has 0 radical (unpaired) electrons. The van der Waals surface area contributed by atoms with Crippen LogP contribution in [0.2, 0.25) is 0 Å². The number of benzene rings is 6. The third-order valence-corrected chi connectivity index (χ3v) is 9.41. The van der Waals surface area contributed by atoms with Gasteiger partial charge >= 0.3 is 0 Å². The molecule has 0 amide bonds. The number of nitrogens with zero attached hydrogens (tertiary/aromatic N) is 5. The van der Waals surface area contributed by atoms with Crippen LogP contribution < -0.4 is 0 Å². The summed E-state index contributed by atoms with van der Waals surface area (Å²) in [6.45, 7) is 0. The van der Waals surface area contributed by atoms with Crippen LogP contribution in [-0.4, -0.2) is 24.9 Å². The second-order valence-electron chi connectivity index (χ2n) is 12.9. The summed E-state index contributed by atoms with van der Waals surface area (Å²) in [5, 5.41) is 2.34. The van der Waals surface area contributed by atoms with Gasteiger partial charge in [-0.1, -0.05) is 158 Å². The van der Waals surface area contributed by atoms with Crippen molar-refractivity contribution in [1.82, 2.24) is 24.9 Å². The van der Waals surface area contributed by atoms with Crippen molar-refractivity contribution >= 4 is 16.3 Å². The Hall–Kier alpha value is -6.85. The minimum absolute atomic E-state index is 0.657. The number of hydrogen-bond acceptors (Lipinski definition) is 5. The number of hydrogen-bond donors (Lipinski definition) is 0. The van der Waals surface area contributed by atoms with Gasteiger partial charge in [0.2, 0.25) is 0 Å². The van der Waals surface area contributed by atoms with Gasteiger partial charge in [-0.05, 0) is 58.5 Å². The Kier molecular flexibility index (Phi) is 8.27. The van der Waals surface area contributed by atoms with Crippen molar-refractivity contribution in [3.8, 4) is 67.8 Å². The first kappa shape index (κ1) is 31.2. The van der Waals surface area contributed by atoms with Crippen molar-refractivity contribution < 1.29 is 0 Å². The Labute approximate surface area is 302 Å². The van der Waals surface area contributed by atoms with Crippen molar-refractivity contribution in [2.24, 2.45) is 0 Å². The lowest BCUT2D eigenvalue weighted by molar-refractivity contribution is 0.978. The average Bonchev–Trinajstić information content (AvgIpc) is 3.24. The summed E-state index contributed by atoms with van der Waals surface area (Å²) in [5.41, 5.74) is 10.0. The van der Waals surface area contributed by atoms with Crippen LogP contribution >= 0.6 is 0 Å². The predicted octanol–water partition coefficient (Wildman–Crippen LogP) is 11.6. The van der Waals surface area contributed by atoms with E-state index in [0.717, 1.165) is 80.0 Å². The molecule has 0 bridgehead atoms. The summed E-state index contributed by atoms with van der Waals surface area (Å²) in [4.78, 5) is 25.0. The van der Waals surface area contributed by atoms with E-state index in [1.807, 2.05) is 48.5 Å². The Morgan fingerprint density at radius 3 is 1.60 bits per heavy atom. The Balaban J connectivity index is 1.08. The van der Waals surface area contributed by atoms with E-state index in [9.17, 15) is 0 Å². The zero-order valence-corrected chi connectivity index (χ0v) is 28.4. The van der Waals surface area contributed by atoms with Crippen LogP contribution in [-0.2, 0) is 0 Å². The van der Waals surface area contributed by atoms with E-state index in [-0.39, 0.29) is 0 Å². The summed E-state index contributed by atoms with van der Waals surface area (Å²) in [7, 11) is 0. The van der Waals surface area contributed by atoms with Gasteiger partial charge in [-0.15, -0.1) is 0 Å². The third kappa shape index (κ3) is 6.43. The molecule has 0 spiro atoms. The molecule has 8 aromatic rings. The van der Waals surface area contributed by atoms with Crippen LogP contribution in [0, 0.1) is 0 Å². The molecule has 5 heteroatoms. The lowest BCUT2D eigenvalue weighted by Gasteiger charge is -2.13. The van der Waals surface area contributed by atoms with Gasteiger partial charge in [0.1, 0.15) is 0 Å². The maximum Gasteiger partial charge on any atom is 0.164 e. The van der Waals surface area contributed by atoms with Crippen LogP contribution in [0.15, 0.2) is 176 Å². The summed E-state index contributed by atoms with van der Waals surface area (Å²) >= 11 is 0. The molecule has 1 aliphatic rings. The van der Waals surface area contributed by atoms with Crippen LogP contribution in [0.1, 0.15) is 18.7 Å². The molecule has 0 aliphatic heterocycles. The van der Waals surface area contributed by atoms with Crippen LogP contribution in [0.5, 0.6) is 0 Å². The maximum absolute atomic E-state index is 5.05. The van der Waals surface area contributed by atoms with E-state index in [4.69, 9.17) is 24.9 Å². The monoisotopic (exact) mass is 667 g/mol. The molecule has 5 nitrogen and oxygen atoms in total. The first-order valence-corrected chi connectivity index (χ1v) is 17.6. The lowest BCUT2D eigenvalue weighted by Crippen LogP contribution is -2.03. The molecule has 0 atom stereocenters. The highest BCUT2D eigenvalue weighted by atomic mass is 15.0. The summed E-state index contributed by atoms with van der Waals surface area (Å²) < 4.78 is 0. The molecular weight excluding hydrogens is 635 g/mol. The molecule has 0 N–H and O–H groups in total. The normalized spacial score (nSPS) is 12.5. The van der Waals surface area contributed by atoms with Crippen molar-refractivity contribution in [1.29, 1.82) is 0 Å². The second kappa shape index (κ2) is 13.8. The highest BCUT2D eigenvalue weighted by Crippen LogP contribution is 2.32. The van der Waals surface area contributed by atoms with Gasteiger partial charge < -0.3 is 0 Å². The Bertz CT molecular complexity index is 2550. The van der Waals surface area contributed by atoms with E-state index < -0.39 is 0 Å². The molecule has 2 heterocycles. The average molecular weight is 668 g/mol. The van der Waals surface area contributed by atoms with E-state index in [0.29, 0.717) is 17.5 Å². The van der Waals surface area contributed by atoms with Crippen LogP contribution in [0.3, 0.4) is 0 Å². The summed E-state index contributed by atoms with van der Waals surface area (Å²) in [5.74, 6) is 2.76. The fraction of sp³-hybridized carbons (Fsp3) is 0.0426. The fourth-order valence-corrected chi connectivity index (χ4v) is 6.63. The molecule has 246 valence electrons. The van der Waals surface area contributed by atoms with Crippen molar-refractivity contribution in [2.45, 2.75) is 12.8 Å². The zero-order chi connectivity index (χ0) is 34.7. The molecule has 2 aromatic heterocycles. The molecule has 0 unspecified atom stereocenters. The van der Waals surface area contributed by atoms with Crippen LogP contribution in [0.4, 0.5) is 0 Å². The molecule has 0 saturated heterocycles. The van der Waals surface area contributed by atoms with Gasteiger partial charge in [-0.3, -0.25) is 0 Å². The highest BCUT2D eigenvalue weighted by Gasteiger charge is 2.16. The van der Waals surface area contributed by atoms with E-state index in [2.05, 4.69) is 127 Å². The number of rotatable bonds is 7. The second-order valence-corrected chi connectivity index (χ2v) is 12.9. The number of aromatic nitrogens is 5. The topological polar surface area (TPSA) is 64.5 Å². The van der Waals surface area contributed by atoms with Gasteiger partial charge in [0, 0.05) is 27.8 Å². The standard InChI is InChI=1S/C47H33N5/c1-4-14-34(15-5-1)42-31-43(49-44(48-42)36-16-6-2-7-17-36)35-26-23-33(24-27-35)39-21-12-22-40(29-39)46-50-45(37-18-8-3-9-19-37)51-47(52-46)41-28-25-32-13-10-11-20-38(32)30-41/h1-8,10-18,20-31H,9,19H2. The van der Waals surface area contributed by atoms with Crippen molar-refractivity contribution in [3.63, 3.8) is 0 Å². The summed E-state index contributed by atoms with van der Waals surface area (Å²) in [6, 6.07) is 54.3. The van der Waals surface area contributed by atoms with Gasteiger partial charge in [0.25, 0.3) is 0 Å². The minimum Gasteiger partial charge on any atom is -0.228 e. The quantitative estimate of drug-likeness (QED) is 0.169. The molecule has 6 aromatic carbocycles. The number of fused-ring (bicyclic) bond motifs is 1. The van der Waals surface area contributed by atoms with Crippen molar-refractivity contribution in [2.75, 3.05) is 0 Å². The van der Waals surface area contributed by atoms with Crippen molar-refractivity contribution in [3.05, 3.63) is 182 Å². The largest absolute Gasteiger partial charge is 0.228 e. The molecule has 1 aliphatic carbocycles. The first-order valence-electron chi connectivity index (χ1n) is 17.6. The van der Waals surface area contributed by atoms with Gasteiger partial charge in [0.05, 0.1) is 11.4 Å². The number of allylic oxidation sites excluding steroid dienone is 4. The first-order chi connectivity index (χ1) is 25.7. The maximum atomic E-state index is 5.05. The Morgan fingerprint density at radius 2 is 0.885 bits per heavy atom. The zero-order valence-electron chi connectivity index (χ0n) is 28.4. The van der Waals surface area contributed by atoms with Gasteiger partial charge in [-0.2, -0.15) is 0 Å². The predicted molar refractivity (Wildman–Crippen MR) is 212 cm³/mol. The molecular formula is C47H33N5. The van der Waals surface area contributed by atoms with Crippen LogP contribution in [0.25, 0.3) is 84.2 Å². The van der Waals surface area contributed by atoms with E-state index in [1.54, 1.807) is 0 Å². The van der Waals surface area contributed by atoms with Gasteiger partial charge in [0.15, 0.2) is 23.3 Å². The molecule has 0 saturated carbocycles. The third-order valence-electron chi connectivity index (χ3n) is 9.41.